The van der Waals surface area contributed by atoms with E-state index in [0.717, 1.165) is 6.08 Å². The van der Waals surface area contributed by atoms with Crippen molar-refractivity contribution in [2.24, 2.45) is 0 Å². The number of hydrogen-bond acceptors (Lipinski definition) is 6. The molecule has 1 unspecified atom stereocenters. The maximum atomic E-state index is 13.8. The molecule has 3 rings (SSSR count). The van der Waals surface area contributed by atoms with E-state index in [1.807, 2.05) is 0 Å². The van der Waals surface area contributed by atoms with E-state index in [-0.39, 0.29) is 36.7 Å². The van der Waals surface area contributed by atoms with Crippen LogP contribution in [0, 0.1) is 0 Å². The maximum absolute atomic E-state index is 13.8. The first-order chi connectivity index (χ1) is 12.7. The minimum Gasteiger partial charge on any atom is -0.462 e. The number of benzene rings is 1. The van der Waals surface area contributed by atoms with Gasteiger partial charge in [-0.25, -0.2) is 4.79 Å². The van der Waals surface area contributed by atoms with Gasteiger partial charge in [-0.05, 0) is 13.0 Å². The lowest BCUT2D eigenvalue weighted by Gasteiger charge is -2.42. The van der Waals surface area contributed by atoms with E-state index < -0.39 is 29.2 Å². The molecule has 1 aromatic rings. The van der Waals surface area contributed by atoms with Crippen LogP contribution in [-0.2, 0) is 9.53 Å². The van der Waals surface area contributed by atoms with E-state index >= 15 is 0 Å². The molecule has 2 heterocycles. The molecule has 1 saturated heterocycles. The van der Waals surface area contributed by atoms with Gasteiger partial charge in [0.25, 0.3) is 5.72 Å². The van der Waals surface area contributed by atoms with Gasteiger partial charge in [-0.15, -0.1) is 0 Å². The Kier molecular flexibility index (Phi) is 4.73. The summed E-state index contributed by atoms with van der Waals surface area (Å²) in [6.45, 7) is 1.08. The molecule has 0 spiro atoms. The Balaban J connectivity index is 2.18. The zero-order valence-corrected chi connectivity index (χ0v) is 14.3. The number of Topliss-reactive ketones (excluding diaryl/α,β-unsaturated/α-hetero) is 1. The van der Waals surface area contributed by atoms with Crippen LogP contribution in [-0.4, -0.2) is 53.4 Å². The summed E-state index contributed by atoms with van der Waals surface area (Å²) in [5, 5.41) is 13.3. The van der Waals surface area contributed by atoms with Gasteiger partial charge >= 0.3 is 12.1 Å². The zero-order valence-electron chi connectivity index (χ0n) is 14.3. The van der Waals surface area contributed by atoms with Crippen molar-refractivity contribution in [2.45, 2.75) is 18.8 Å². The highest BCUT2D eigenvalue weighted by Crippen LogP contribution is 2.45. The Morgan fingerprint density at radius 1 is 1.30 bits per heavy atom. The third-order valence-electron chi connectivity index (χ3n) is 4.38. The number of hydrogen-bond donors (Lipinski definition) is 2. The molecule has 27 heavy (non-hydrogen) atoms. The number of ketones is 1. The van der Waals surface area contributed by atoms with E-state index in [1.165, 1.54) is 19.1 Å². The standard InChI is InChI=1S/C18H17F3N2O4/c1-2-27-16(25)13-10-12(14(24)11-6-4-3-5-7-11)15-22-8-9-23(15)17(13,26)18(19,20)21/h3-7,10,22,26H,2,8-9H2,1H3. The third-order valence-corrected chi connectivity index (χ3v) is 4.38. The largest absolute Gasteiger partial charge is 0.462 e. The molecule has 2 N–H and O–H groups in total. The second-order valence-corrected chi connectivity index (χ2v) is 5.98. The molecule has 1 aromatic carbocycles. The van der Waals surface area contributed by atoms with Crippen LogP contribution < -0.4 is 5.32 Å². The topological polar surface area (TPSA) is 78.9 Å². The Morgan fingerprint density at radius 2 is 1.96 bits per heavy atom. The molecule has 2 aliphatic heterocycles. The molecule has 1 fully saturated rings. The minimum atomic E-state index is -5.19. The lowest BCUT2D eigenvalue weighted by molar-refractivity contribution is -0.290. The number of nitrogens with zero attached hydrogens (tertiary/aromatic N) is 1. The molecule has 0 amide bonds. The minimum absolute atomic E-state index is 0.0727. The number of carbonyl (C=O) groups is 2. The fraction of sp³-hybridized carbons (Fsp3) is 0.333. The number of allylic oxidation sites excluding steroid dienone is 2. The van der Waals surface area contributed by atoms with Gasteiger partial charge in [0.2, 0.25) is 0 Å². The fourth-order valence-corrected chi connectivity index (χ4v) is 3.15. The molecule has 9 heteroatoms. The van der Waals surface area contributed by atoms with Crippen LogP contribution in [0.2, 0.25) is 0 Å². The molecule has 0 saturated carbocycles. The molecule has 0 aliphatic carbocycles. The summed E-state index contributed by atoms with van der Waals surface area (Å²) in [6.07, 6.45) is -4.42. The van der Waals surface area contributed by atoms with Gasteiger partial charge in [0.15, 0.2) is 5.78 Å². The number of esters is 1. The van der Waals surface area contributed by atoms with Crippen LogP contribution in [0.25, 0.3) is 0 Å². The van der Waals surface area contributed by atoms with Crippen LogP contribution >= 0.6 is 0 Å². The molecular formula is C18H17F3N2O4. The van der Waals surface area contributed by atoms with Crippen LogP contribution in [0.5, 0.6) is 0 Å². The average molecular weight is 382 g/mol. The van der Waals surface area contributed by atoms with Crippen molar-refractivity contribution in [3.8, 4) is 0 Å². The van der Waals surface area contributed by atoms with Gasteiger partial charge < -0.3 is 20.1 Å². The quantitative estimate of drug-likeness (QED) is 0.610. The lowest BCUT2D eigenvalue weighted by atomic mass is 9.90. The number of carbonyl (C=O) groups excluding carboxylic acids is 2. The molecule has 2 aliphatic rings. The monoisotopic (exact) mass is 382 g/mol. The van der Waals surface area contributed by atoms with Gasteiger partial charge in [0.1, 0.15) is 5.82 Å². The Morgan fingerprint density at radius 3 is 2.56 bits per heavy atom. The number of nitrogens with one attached hydrogen (secondary N) is 1. The van der Waals surface area contributed by atoms with E-state index in [0.29, 0.717) is 4.90 Å². The zero-order chi connectivity index (χ0) is 19.8. The molecule has 1 atom stereocenters. The van der Waals surface area contributed by atoms with Crippen LogP contribution in [0.3, 0.4) is 0 Å². The first-order valence-corrected chi connectivity index (χ1v) is 8.25. The molecule has 6 nitrogen and oxygen atoms in total. The van der Waals surface area contributed by atoms with Crippen molar-refractivity contribution in [1.29, 1.82) is 0 Å². The van der Waals surface area contributed by atoms with E-state index in [4.69, 9.17) is 4.74 Å². The average Bonchev–Trinajstić information content (AvgIpc) is 3.12. The van der Waals surface area contributed by atoms with Gasteiger partial charge in [-0.3, -0.25) is 4.79 Å². The number of fused-ring (bicyclic) bond motifs is 1. The van der Waals surface area contributed by atoms with Crippen molar-refractivity contribution in [1.82, 2.24) is 10.2 Å². The number of alkyl halides is 3. The second kappa shape index (κ2) is 6.73. The van der Waals surface area contributed by atoms with Gasteiger partial charge in [0, 0.05) is 18.7 Å². The Hall–Kier alpha value is -2.81. The summed E-state index contributed by atoms with van der Waals surface area (Å²) in [7, 11) is 0. The van der Waals surface area contributed by atoms with E-state index in [1.54, 1.807) is 18.2 Å². The van der Waals surface area contributed by atoms with Gasteiger partial charge in [-0.1, -0.05) is 30.3 Å². The highest BCUT2D eigenvalue weighted by Gasteiger charge is 2.65. The highest BCUT2D eigenvalue weighted by atomic mass is 19.4. The van der Waals surface area contributed by atoms with Gasteiger partial charge in [0.05, 0.1) is 17.8 Å². The van der Waals surface area contributed by atoms with Crippen molar-refractivity contribution in [2.75, 3.05) is 19.7 Å². The summed E-state index contributed by atoms with van der Waals surface area (Å²) < 4.78 is 46.1. The number of halogens is 3. The van der Waals surface area contributed by atoms with Gasteiger partial charge in [-0.2, -0.15) is 13.2 Å². The fourth-order valence-electron chi connectivity index (χ4n) is 3.15. The third kappa shape index (κ3) is 2.97. The van der Waals surface area contributed by atoms with Crippen LogP contribution in [0.15, 0.2) is 53.4 Å². The first kappa shape index (κ1) is 19.0. The SMILES string of the molecule is CCOC(=O)C1=CC(C(=O)c2ccccc2)=C2NCCN2C1(O)C(F)(F)F. The predicted octanol–water partition coefficient (Wildman–Crippen LogP) is 1.74. The summed E-state index contributed by atoms with van der Waals surface area (Å²) in [5.41, 5.74) is -4.52. The van der Waals surface area contributed by atoms with Crippen LogP contribution in [0.1, 0.15) is 17.3 Å². The Bertz CT molecular complexity index is 833. The van der Waals surface area contributed by atoms with Crippen molar-refractivity contribution in [3.05, 3.63) is 58.9 Å². The predicted molar refractivity (Wildman–Crippen MR) is 88.2 cm³/mol. The highest BCUT2D eigenvalue weighted by molar-refractivity contribution is 6.12. The normalized spacial score (nSPS) is 22.1. The summed E-state index contributed by atoms with van der Waals surface area (Å²) in [5.74, 6) is -2.07. The molecular weight excluding hydrogens is 365 g/mol. The number of aliphatic hydroxyl groups is 1. The number of ether oxygens (including phenoxy) is 1. The summed E-state index contributed by atoms with van der Waals surface area (Å²) >= 11 is 0. The van der Waals surface area contributed by atoms with E-state index in [9.17, 15) is 27.9 Å². The summed E-state index contributed by atoms with van der Waals surface area (Å²) in [4.78, 5) is 25.7. The lowest BCUT2D eigenvalue weighted by Crippen LogP contribution is -2.62. The maximum Gasteiger partial charge on any atom is 0.441 e. The Labute approximate surface area is 152 Å². The van der Waals surface area contributed by atoms with Crippen molar-refractivity contribution >= 4 is 11.8 Å². The number of rotatable bonds is 4. The summed E-state index contributed by atoms with van der Waals surface area (Å²) in [6, 6.07) is 7.94. The molecule has 0 aromatic heterocycles. The van der Waals surface area contributed by atoms with E-state index in [2.05, 4.69) is 5.32 Å². The van der Waals surface area contributed by atoms with Crippen molar-refractivity contribution in [3.63, 3.8) is 0 Å². The molecule has 144 valence electrons. The molecule has 0 bridgehead atoms. The molecule has 0 radical (unpaired) electrons. The van der Waals surface area contributed by atoms with Crippen molar-refractivity contribution < 1.29 is 32.6 Å². The smallest absolute Gasteiger partial charge is 0.441 e. The second-order valence-electron chi connectivity index (χ2n) is 5.98. The van der Waals surface area contributed by atoms with Crippen LogP contribution in [0.4, 0.5) is 13.2 Å². The first-order valence-electron chi connectivity index (χ1n) is 8.25.